The lowest BCUT2D eigenvalue weighted by molar-refractivity contribution is 0.0476. The summed E-state index contributed by atoms with van der Waals surface area (Å²) in [7, 11) is 0. The number of nitrogens with zero attached hydrogens (tertiary/aromatic N) is 2. The molecule has 2 aromatic carbocycles. The number of aromatic hydroxyl groups is 2. The van der Waals surface area contributed by atoms with E-state index in [0.717, 1.165) is 45.3 Å². The number of benzene rings is 2. The van der Waals surface area contributed by atoms with Gasteiger partial charge in [-0.15, -0.1) is 0 Å². The lowest BCUT2D eigenvalue weighted by Gasteiger charge is -2.33. The Hall–Kier alpha value is -3.23. The number of hydrogen-bond donors (Lipinski definition) is 2. The van der Waals surface area contributed by atoms with Gasteiger partial charge in [0.15, 0.2) is 5.78 Å². The second-order valence-corrected chi connectivity index (χ2v) is 8.04. The van der Waals surface area contributed by atoms with Gasteiger partial charge in [-0.2, -0.15) is 0 Å². The van der Waals surface area contributed by atoms with Crippen molar-refractivity contribution in [2.75, 3.05) is 45.9 Å². The number of hydrogen-bond acceptors (Lipinski definition) is 8. The number of rotatable bonds is 6. The van der Waals surface area contributed by atoms with Crippen LogP contribution in [-0.4, -0.2) is 83.4 Å². The van der Waals surface area contributed by atoms with Gasteiger partial charge in [-0.25, -0.2) is 4.79 Å². The zero-order valence-electron chi connectivity index (χ0n) is 18.0. The number of carbonyl (C=O) groups is 3. The van der Waals surface area contributed by atoms with Crippen molar-refractivity contribution >= 4 is 17.5 Å². The van der Waals surface area contributed by atoms with Crippen LogP contribution in [0.2, 0.25) is 0 Å². The number of likely N-dealkylation sites (N-methyl/N-ethyl adjacent to an activating group) is 1. The van der Waals surface area contributed by atoms with Gasteiger partial charge in [-0.3, -0.25) is 9.59 Å². The van der Waals surface area contributed by atoms with Crippen LogP contribution in [-0.2, 0) is 4.74 Å². The van der Waals surface area contributed by atoms with Crippen molar-refractivity contribution in [3.8, 4) is 11.5 Å². The molecule has 0 aromatic heterocycles. The third-order valence-corrected chi connectivity index (χ3v) is 6.10. The molecule has 0 radical (unpaired) electrons. The van der Waals surface area contributed by atoms with Gasteiger partial charge in [-0.1, -0.05) is 19.1 Å². The summed E-state index contributed by atoms with van der Waals surface area (Å²) in [6.45, 7) is 8.32. The second-order valence-electron chi connectivity index (χ2n) is 8.04. The largest absolute Gasteiger partial charge is 0.507 e. The minimum Gasteiger partial charge on any atom is -0.507 e. The summed E-state index contributed by atoms with van der Waals surface area (Å²) in [6, 6.07) is 6.60. The molecule has 1 aliphatic heterocycles. The van der Waals surface area contributed by atoms with Crippen LogP contribution in [0.25, 0.3) is 0 Å². The van der Waals surface area contributed by atoms with E-state index in [1.807, 2.05) is 0 Å². The van der Waals surface area contributed by atoms with Crippen molar-refractivity contribution in [1.82, 2.24) is 9.80 Å². The van der Waals surface area contributed by atoms with Crippen LogP contribution in [0.3, 0.4) is 0 Å². The maximum absolute atomic E-state index is 12.9. The minimum atomic E-state index is -0.666. The molecule has 2 N–H and O–H groups in total. The summed E-state index contributed by atoms with van der Waals surface area (Å²) in [5.41, 5.74) is -0.394. The van der Waals surface area contributed by atoms with Crippen molar-refractivity contribution in [1.29, 1.82) is 0 Å². The summed E-state index contributed by atoms with van der Waals surface area (Å²) >= 11 is 0. The van der Waals surface area contributed by atoms with E-state index in [1.54, 1.807) is 0 Å². The van der Waals surface area contributed by atoms with E-state index in [9.17, 15) is 24.6 Å². The minimum absolute atomic E-state index is 0.00237. The monoisotopic (exact) mass is 438 g/mol. The predicted molar refractivity (Wildman–Crippen MR) is 117 cm³/mol. The van der Waals surface area contributed by atoms with Crippen LogP contribution in [0.1, 0.15) is 55.5 Å². The molecule has 1 fully saturated rings. The van der Waals surface area contributed by atoms with Gasteiger partial charge < -0.3 is 24.7 Å². The summed E-state index contributed by atoms with van der Waals surface area (Å²) in [5.74, 6) is -2.68. The third-order valence-electron chi connectivity index (χ3n) is 6.10. The molecule has 1 aliphatic carbocycles. The number of esters is 1. The third kappa shape index (κ3) is 4.11. The molecule has 8 heteroatoms. The maximum atomic E-state index is 12.9. The van der Waals surface area contributed by atoms with Gasteiger partial charge in [0, 0.05) is 43.9 Å². The van der Waals surface area contributed by atoms with E-state index >= 15 is 0 Å². The maximum Gasteiger partial charge on any atom is 0.338 e. The first-order valence-electron chi connectivity index (χ1n) is 10.8. The lowest BCUT2D eigenvalue weighted by Crippen LogP contribution is -2.46. The van der Waals surface area contributed by atoms with Crippen molar-refractivity contribution in [3.05, 3.63) is 58.1 Å². The molecule has 2 aliphatic rings. The highest BCUT2D eigenvalue weighted by Gasteiger charge is 2.35. The van der Waals surface area contributed by atoms with Crippen molar-refractivity contribution in [3.63, 3.8) is 0 Å². The van der Waals surface area contributed by atoms with Gasteiger partial charge in [0.05, 0.1) is 23.3 Å². The number of ether oxygens (including phenoxy) is 1. The van der Waals surface area contributed by atoms with Crippen LogP contribution in [0.5, 0.6) is 11.5 Å². The van der Waals surface area contributed by atoms with Crippen molar-refractivity contribution in [2.45, 2.75) is 13.3 Å². The fraction of sp³-hybridized carbons (Fsp3) is 0.375. The average Bonchev–Trinajstić information content (AvgIpc) is 2.79. The molecular weight excluding hydrogens is 412 g/mol. The Labute approximate surface area is 186 Å². The Bertz CT molecular complexity index is 1070. The fourth-order valence-corrected chi connectivity index (χ4v) is 4.27. The highest BCUT2D eigenvalue weighted by Crippen LogP contribution is 2.37. The Morgan fingerprint density at radius 2 is 1.62 bits per heavy atom. The molecule has 0 spiro atoms. The molecule has 2 aromatic rings. The van der Waals surface area contributed by atoms with Crippen molar-refractivity contribution in [2.24, 2.45) is 0 Å². The number of fused-ring (bicyclic) bond motifs is 2. The normalized spacial score (nSPS) is 16.5. The topological polar surface area (TPSA) is 107 Å². The highest BCUT2D eigenvalue weighted by atomic mass is 16.5. The Morgan fingerprint density at radius 1 is 0.938 bits per heavy atom. The number of phenols is 2. The summed E-state index contributed by atoms with van der Waals surface area (Å²) in [5, 5.41) is 20.4. The summed E-state index contributed by atoms with van der Waals surface area (Å²) in [4.78, 5) is 42.9. The van der Waals surface area contributed by atoms with Crippen LogP contribution >= 0.6 is 0 Å². The number of ketones is 2. The number of phenolic OH excluding ortho intramolecular Hbond substituents is 2. The van der Waals surface area contributed by atoms with E-state index in [0.29, 0.717) is 6.42 Å². The van der Waals surface area contributed by atoms with E-state index < -0.39 is 23.3 Å². The van der Waals surface area contributed by atoms with Gasteiger partial charge in [0.2, 0.25) is 5.78 Å². The second kappa shape index (κ2) is 9.10. The standard InChI is InChI=1S/C24H26N2O6/c1-2-25-8-10-26(11-9-25)7-4-12-32-24(31)15-13-17-21(19(28)14-15)23(30)20-16(22(17)29)5-3-6-18(20)27/h3,5-6,13-14,27-28H,2,4,7-12H2,1H3. The van der Waals surface area contributed by atoms with Crippen molar-refractivity contribution < 1.29 is 29.3 Å². The molecule has 168 valence electrons. The SMILES string of the molecule is CCN1CCN(CCCOC(=O)c2cc(O)c3c(c2)C(=O)c2cccc(O)c2C3=O)CC1. The average molecular weight is 438 g/mol. The smallest absolute Gasteiger partial charge is 0.338 e. The Morgan fingerprint density at radius 3 is 2.34 bits per heavy atom. The Balaban J connectivity index is 1.42. The van der Waals surface area contributed by atoms with Gasteiger partial charge in [-0.05, 0) is 31.2 Å². The van der Waals surface area contributed by atoms with E-state index in [2.05, 4.69) is 16.7 Å². The zero-order valence-corrected chi connectivity index (χ0v) is 18.0. The Kier molecular flexibility index (Phi) is 6.25. The molecule has 1 saturated heterocycles. The van der Waals surface area contributed by atoms with Gasteiger partial charge in [0.25, 0.3) is 0 Å². The first-order chi connectivity index (χ1) is 15.4. The first-order valence-corrected chi connectivity index (χ1v) is 10.8. The van der Waals surface area contributed by atoms with Gasteiger partial charge >= 0.3 is 5.97 Å². The zero-order chi connectivity index (χ0) is 22.8. The highest BCUT2D eigenvalue weighted by molar-refractivity contribution is 6.30. The predicted octanol–water partition coefficient (Wildman–Crippen LogP) is 2.06. The first kappa shape index (κ1) is 22.0. The van der Waals surface area contributed by atoms with Crippen LogP contribution in [0.4, 0.5) is 0 Å². The molecule has 0 saturated carbocycles. The van der Waals surface area contributed by atoms with E-state index in [4.69, 9.17) is 4.74 Å². The quantitative estimate of drug-likeness (QED) is 0.445. The van der Waals surface area contributed by atoms with E-state index in [1.165, 1.54) is 24.3 Å². The molecule has 0 bridgehead atoms. The van der Waals surface area contributed by atoms with Crippen LogP contribution in [0, 0.1) is 0 Å². The lowest BCUT2D eigenvalue weighted by atomic mass is 9.82. The molecule has 1 heterocycles. The molecule has 32 heavy (non-hydrogen) atoms. The summed E-state index contributed by atoms with van der Waals surface area (Å²) in [6.07, 6.45) is 0.679. The molecule has 8 nitrogen and oxygen atoms in total. The molecule has 0 unspecified atom stereocenters. The number of piperazine rings is 1. The number of carbonyl (C=O) groups excluding carboxylic acids is 3. The van der Waals surface area contributed by atoms with Gasteiger partial charge in [0.1, 0.15) is 11.5 Å². The van der Waals surface area contributed by atoms with Crippen LogP contribution < -0.4 is 0 Å². The molecule has 0 amide bonds. The molecule has 4 rings (SSSR count). The van der Waals surface area contributed by atoms with E-state index in [-0.39, 0.29) is 40.2 Å². The molecular formula is C24H26N2O6. The summed E-state index contributed by atoms with van der Waals surface area (Å²) < 4.78 is 5.33. The van der Waals surface area contributed by atoms with Crippen LogP contribution in [0.15, 0.2) is 30.3 Å². The fourth-order valence-electron chi connectivity index (χ4n) is 4.27. The molecule has 0 atom stereocenters.